The molecular formula is C11H10ClN3O2. The molecule has 0 saturated carbocycles. The van der Waals surface area contributed by atoms with Gasteiger partial charge in [0.25, 0.3) is 5.56 Å². The van der Waals surface area contributed by atoms with E-state index in [2.05, 4.69) is 9.97 Å². The number of anilines is 1. The lowest BCUT2D eigenvalue weighted by Gasteiger charge is -2.06. The monoisotopic (exact) mass is 251 g/mol. The number of benzene rings is 1. The highest BCUT2D eigenvalue weighted by atomic mass is 35.5. The van der Waals surface area contributed by atoms with Crippen LogP contribution < -0.4 is 16.0 Å². The third kappa shape index (κ3) is 2.24. The molecule has 0 bridgehead atoms. The highest BCUT2D eigenvalue weighted by molar-refractivity contribution is 6.32. The van der Waals surface area contributed by atoms with Gasteiger partial charge in [-0.15, -0.1) is 0 Å². The van der Waals surface area contributed by atoms with Gasteiger partial charge >= 0.3 is 0 Å². The third-order valence-electron chi connectivity index (χ3n) is 2.22. The maximum Gasteiger partial charge on any atom is 0.271 e. The number of nitrogens with zero attached hydrogens (tertiary/aromatic N) is 1. The van der Waals surface area contributed by atoms with Crippen molar-refractivity contribution in [2.75, 3.05) is 12.8 Å². The molecule has 0 aliphatic rings. The molecule has 1 heterocycles. The van der Waals surface area contributed by atoms with E-state index in [1.807, 2.05) is 0 Å². The second-order valence-electron chi connectivity index (χ2n) is 3.35. The second kappa shape index (κ2) is 4.47. The lowest BCUT2D eigenvalue weighted by Crippen LogP contribution is -2.12. The average Bonchev–Trinajstić information content (AvgIpc) is 2.34. The second-order valence-corrected chi connectivity index (χ2v) is 3.72. The molecule has 0 aliphatic heterocycles. The minimum Gasteiger partial charge on any atom is -0.497 e. The molecule has 0 saturated heterocycles. The van der Waals surface area contributed by atoms with E-state index < -0.39 is 5.56 Å². The van der Waals surface area contributed by atoms with Crippen LogP contribution in [0.4, 0.5) is 5.95 Å². The van der Waals surface area contributed by atoms with Crippen molar-refractivity contribution in [3.8, 4) is 17.0 Å². The molecule has 3 N–H and O–H groups in total. The molecule has 2 rings (SSSR count). The van der Waals surface area contributed by atoms with Crippen molar-refractivity contribution >= 4 is 17.5 Å². The van der Waals surface area contributed by atoms with Gasteiger partial charge in [0.05, 0.1) is 12.8 Å². The highest BCUT2D eigenvalue weighted by Crippen LogP contribution is 2.26. The zero-order valence-electron chi connectivity index (χ0n) is 9.03. The molecule has 1 aromatic carbocycles. The van der Waals surface area contributed by atoms with Gasteiger partial charge in [0.1, 0.15) is 10.8 Å². The van der Waals surface area contributed by atoms with Crippen LogP contribution in [0.15, 0.2) is 29.1 Å². The van der Waals surface area contributed by atoms with Gasteiger partial charge in [-0.05, 0) is 12.1 Å². The zero-order valence-corrected chi connectivity index (χ0v) is 9.78. The van der Waals surface area contributed by atoms with E-state index in [9.17, 15) is 4.79 Å². The van der Waals surface area contributed by atoms with Gasteiger partial charge in [0.15, 0.2) is 0 Å². The first kappa shape index (κ1) is 11.5. The van der Waals surface area contributed by atoms with Gasteiger partial charge in [-0.3, -0.25) is 9.78 Å². The number of nitrogens with one attached hydrogen (secondary N) is 1. The molecule has 0 atom stereocenters. The number of H-pyrrole nitrogens is 1. The molecule has 1 aromatic heterocycles. The Morgan fingerprint density at radius 1 is 1.47 bits per heavy atom. The average molecular weight is 252 g/mol. The van der Waals surface area contributed by atoms with E-state index >= 15 is 0 Å². The van der Waals surface area contributed by atoms with E-state index in [4.69, 9.17) is 22.1 Å². The maximum absolute atomic E-state index is 11.4. The molecule has 0 fully saturated rings. The molecule has 0 amide bonds. The Labute approximate surface area is 102 Å². The molecule has 0 unspecified atom stereocenters. The molecule has 5 nitrogen and oxygen atoms in total. The minimum atomic E-state index is -0.461. The number of rotatable bonds is 2. The summed E-state index contributed by atoms with van der Waals surface area (Å²) >= 11 is 5.89. The summed E-state index contributed by atoms with van der Waals surface area (Å²) in [6.45, 7) is 0. The van der Waals surface area contributed by atoms with Crippen LogP contribution in [-0.2, 0) is 0 Å². The van der Waals surface area contributed by atoms with Crippen molar-refractivity contribution in [2.45, 2.75) is 0 Å². The Kier molecular flexibility index (Phi) is 3.01. The fourth-order valence-electron chi connectivity index (χ4n) is 1.44. The van der Waals surface area contributed by atoms with Gasteiger partial charge < -0.3 is 10.5 Å². The normalized spacial score (nSPS) is 10.2. The first-order chi connectivity index (χ1) is 8.11. The number of hydrogen-bond acceptors (Lipinski definition) is 4. The predicted molar refractivity (Wildman–Crippen MR) is 66.3 cm³/mol. The summed E-state index contributed by atoms with van der Waals surface area (Å²) in [6.07, 6.45) is 0. The Hall–Kier alpha value is -2.01. The van der Waals surface area contributed by atoms with Crippen LogP contribution in [0, 0.1) is 0 Å². The molecule has 2 aromatic rings. The highest BCUT2D eigenvalue weighted by Gasteiger charge is 2.10. The number of hydrogen-bond donors (Lipinski definition) is 2. The standard InChI is InChI=1S/C11H10ClN3O2/c1-17-7-4-2-3-6(5-7)9-8(12)10(16)15-11(13)14-9/h2-5H,1H3,(H3,13,14,15,16). The van der Waals surface area contributed by atoms with Gasteiger partial charge in [-0.25, -0.2) is 4.98 Å². The molecule has 0 radical (unpaired) electrons. The molecule has 0 spiro atoms. The number of ether oxygens (including phenoxy) is 1. The Bertz CT molecular complexity index is 610. The van der Waals surface area contributed by atoms with Crippen molar-refractivity contribution in [3.63, 3.8) is 0 Å². The number of nitrogen functional groups attached to an aromatic ring is 1. The first-order valence-electron chi connectivity index (χ1n) is 4.81. The van der Waals surface area contributed by atoms with Crippen LogP contribution in [0.1, 0.15) is 0 Å². The minimum absolute atomic E-state index is 0.00690. The van der Waals surface area contributed by atoms with Crippen molar-refractivity contribution in [1.29, 1.82) is 0 Å². The van der Waals surface area contributed by atoms with Gasteiger partial charge in [0.2, 0.25) is 5.95 Å². The Morgan fingerprint density at radius 2 is 2.24 bits per heavy atom. The van der Waals surface area contributed by atoms with Crippen molar-refractivity contribution in [2.24, 2.45) is 0 Å². The molecule has 17 heavy (non-hydrogen) atoms. The lowest BCUT2D eigenvalue weighted by atomic mass is 10.1. The third-order valence-corrected chi connectivity index (χ3v) is 2.57. The fraction of sp³-hybridized carbons (Fsp3) is 0.0909. The number of methoxy groups -OCH3 is 1. The van der Waals surface area contributed by atoms with Gasteiger partial charge in [-0.1, -0.05) is 23.7 Å². The van der Waals surface area contributed by atoms with Crippen LogP contribution in [0.2, 0.25) is 5.02 Å². The van der Waals surface area contributed by atoms with Crippen molar-refractivity contribution in [1.82, 2.24) is 9.97 Å². The number of halogens is 1. The number of aromatic nitrogens is 2. The fourth-order valence-corrected chi connectivity index (χ4v) is 1.64. The summed E-state index contributed by atoms with van der Waals surface area (Å²) in [5.74, 6) is 0.677. The van der Waals surface area contributed by atoms with Gasteiger partial charge in [-0.2, -0.15) is 0 Å². The summed E-state index contributed by atoms with van der Waals surface area (Å²) < 4.78 is 5.09. The van der Waals surface area contributed by atoms with Crippen LogP contribution in [0.5, 0.6) is 5.75 Å². The summed E-state index contributed by atoms with van der Waals surface area (Å²) in [7, 11) is 1.56. The summed E-state index contributed by atoms with van der Waals surface area (Å²) in [6, 6.07) is 7.07. The number of aromatic amines is 1. The van der Waals surface area contributed by atoms with Crippen molar-refractivity contribution < 1.29 is 4.74 Å². The summed E-state index contributed by atoms with van der Waals surface area (Å²) in [5.41, 5.74) is 6.03. The Morgan fingerprint density at radius 3 is 2.94 bits per heavy atom. The maximum atomic E-state index is 11.4. The smallest absolute Gasteiger partial charge is 0.271 e. The largest absolute Gasteiger partial charge is 0.497 e. The van der Waals surface area contributed by atoms with E-state index in [0.29, 0.717) is 17.0 Å². The molecular weight excluding hydrogens is 242 g/mol. The van der Waals surface area contributed by atoms with E-state index in [-0.39, 0.29) is 11.0 Å². The Balaban J connectivity index is 2.63. The lowest BCUT2D eigenvalue weighted by molar-refractivity contribution is 0.415. The van der Waals surface area contributed by atoms with Crippen LogP contribution in [-0.4, -0.2) is 17.1 Å². The first-order valence-corrected chi connectivity index (χ1v) is 5.19. The SMILES string of the molecule is COc1cccc(-c2nc(N)[nH]c(=O)c2Cl)c1. The van der Waals surface area contributed by atoms with E-state index in [1.165, 1.54) is 0 Å². The predicted octanol–water partition coefficient (Wildman–Crippen LogP) is 1.68. The molecule has 0 aliphatic carbocycles. The molecule has 6 heteroatoms. The van der Waals surface area contributed by atoms with Crippen molar-refractivity contribution in [3.05, 3.63) is 39.6 Å². The van der Waals surface area contributed by atoms with Gasteiger partial charge in [0, 0.05) is 5.56 Å². The summed E-state index contributed by atoms with van der Waals surface area (Å²) in [5, 5.41) is 0.00690. The topological polar surface area (TPSA) is 81.0 Å². The quantitative estimate of drug-likeness (QED) is 0.851. The number of nitrogens with two attached hydrogens (primary N) is 1. The van der Waals surface area contributed by atoms with Crippen LogP contribution in [0.25, 0.3) is 11.3 Å². The van der Waals surface area contributed by atoms with E-state index in [1.54, 1.807) is 31.4 Å². The zero-order chi connectivity index (χ0) is 12.4. The summed E-state index contributed by atoms with van der Waals surface area (Å²) in [4.78, 5) is 17.8. The molecule has 88 valence electrons. The van der Waals surface area contributed by atoms with Crippen LogP contribution >= 0.6 is 11.6 Å². The van der Waals surface area contributed by atoms with E-state index in [0.717, 1.165) is 0 Å². The van der Waals surface area contributed by atoms with Crippen LogP contribution in [0.3, 0.4) is 0 Å².